The highest BCUT2D eigenvalue weighted by molar-refractivity contribution is 6.03. The third-order valence-corrected chi connectivity index (χ3v) is 3.60. The van der Waals surface area contributed by atoms with Crippen molar-refractivity contribution < 1.29 is 9.90 Å². The Bertz CT molecular complexity index is 837. The van der Waals surface area contributed by atoms with Crippen LogP contribution in [0.4, 0.5) is 0 Å². The van der Waals surface area contributed by atoms with Gasteiger partial charge in [0.25, 0.3) is 0 Å². The van der Waals surface area contributed by atoms with Crippen LogP contribution in [0, 0.1) is 0 Å². The van der Waals surface area contributed by atoms with Gasteiger partial charge in [-0.05, 0) is 36.2 Å². The molecular weight excluding hydrogens is 266 g/mol. The van der Waals surface area contributed by atoms with E-state index in [1.165, 1.54) is 0 Å². The number of aromatic carboxylic acids is 1. The highest BCUT2D eigenvalue weighted by Crippen LogP contribution is 2.25. The molecule has 2 aromatic heterocycles. The second-order valence-corrected chi connectivity index (χ2v) is 4.91. The number of aryl methyl sites for hydroxylation is 2. The topological polar surface area (TPSA) is 68.0 Å². The summed E-state index contributed by atoms with van der Waals surface area (Å²) in [5.41, 5.74) is 3.46. The van der Waals surface area contributed by atoms with E-state index >= 15 is 0 Å². The monoisotopic (exact) mass is 281 g/mol. The average molecular weight is 281 g/mol. The largest absolute Gasteiger partial charge is 0.478 e. The lowest BCUT2D eigenvalue weighted by atomic mass is 10.0. The van der Waals surface area contributed by atoms with E-state index in [-0.39, 0.29) is 5.56 Å². The van der Waals surface area contributed by atoms with Crippen LogP contribution in [0.3, 0.4) is 0 Å². The molecule has 0 aliphatic rings. The summed E-state index contributed by atoms with van der Waals surface area (Å²) in [6.45, 7) is 2.04. The van der Waals surface area contributed by atoms with Gasteiger partial charge in [0.1, 0.15) is 0 Å². The minimum absolute atomic E-state index is 0.270. The molecule has 2 heterocycles. The molecule has 5 heteroatoms. The normalized spacial score (nSPS) is 11.0. The molecule has 1 N–H and O–H groups in total. The Morgan fingerprint density at radius 3 is 2.71 bits per heavy atom. The van der Waals surface area contributed by atoms with Crippen molar-refractivity contribution in [1.29, 1.82) is 0 Å². The standard InChI is InChI=1S/C16H15N3O2/c1-3-10-4-5-13-11(8-10)12(16(20)21)9-14(18-13)15-6-7-17-19(15)2/h4-9H,3H2,1-2H3,(H,20,21). The van der Waals surface area contributed by atoms with Gasteiger partial charge < -0.3 is 5.11 Å². The van der Waals surface area contributed by atoms with Crippen molar-refractivity contribution in [3.8, 4) is 11.4 Å². The van der Waals surface area contributed by atoms with Gasteiger partial charge >= 0.3 is 5.97 Å². The van der Waals surface area contributed by atoms with Crippen molar-refractivity contribution in [2.75, 3.05) is 0 Å². The highest BCUT2D eigenvalue weighted by Gasteiger charge is 2.14. The van der Waals surface area contributed by atoms with Gasteiger partial charge in [-0.3, -0.25) is 4.68 Å². The number of benzene rings is 1. The van der Waals surface area contributed by atoms with E-state index in [0.29, 0.717) is 16.6 Å². The predicted octanol–water partition coefficient (Wildman–Crippen LogP) is 2.90. The molecule has 0 atom stereocenters. The zero-order valence-corrected chi connectivity index (χ0v) is 11.9. The Morgan fingerprint density at radius 2 is 2.10 bits per heavy atom. The fraction of sp³-hybridized carbons (Fsp3) is 0.188. The molecule has 0 aliphatic carbocycles. The number of hydrogen-bond donors (Lipinski definition) is 1. The lowest BCUT2D eigenvalue weighted by Gasteiger charge is -2.08. The third kappa shape index (κ3) is 2.27. The maximum atomic E-state index is 11.6. The van der Waals surface area contributed by atoms with Gasteiger partial charge in [-0.15, -0.1) is 0 Å². The first kappa shape index (κ1) is 13.3. The number of hydrogen-bond acceptors (Lipinski definition) is 3. The molecule has 1 aromatic carbocycles. The average Bonchev–Trinajstić information content (AvgIpc) is 2.91. The minimum Gasteiger partial charge on any atom is -0.478 e. The predicted molar refractivity (Wildman–Crippen MR) is 80.3 cm³/mol. The van der Waals surface area contributed by atoms with E-state index in [1.807, 2.05) is 38.2 Å². The van der Waals surface area contributed by atoms with Gasteiger partial charge in [0.05, 0.1) is 22.5 Å². The SMILES string of the molecule is CCc1ccc2nc(-c3ccnn3C)cc(C(=O)O)c2c1. The summed E-state index contributed by atoms with van der Waals surface area (Å²) in [5, 5.41) is 14.3. The molecule has 5 nitrogen and oxygen atoms in total. The molecular formula is C16H15N3O2. The van der Waals surface area contributed by atoms with Crippen molar-refractivity contribution in [2.45, 2.75) is 13.3 Å². The maximum Gasteiger partial charge on any atom is 0.336 e. The summed E-state index contributed by atoms with van der Waals surface area (Å²) < 4.78 is 1.68. The molecule has 3 aromatic rings. The van der Waals surface area contributed by atoms with E-state index in [0.717, 1.165) is 17.7 Å². The Morgan fingerprint density at radius 1 is 1.29 bits per heavy atom. The summed E-state index contributed by atoms with van der Waals surface area (Å²) in [6, 6.07) is 9.19. The first-order valence-electron chi connectivity index (χ1n) is 6.75. The summed E-state index contributed by atoms with van der Waals surface area (Å²) in [6.07, 6.45) is 2.53. The molecule has 0 fully saturated rings. The number of nitrogens with zero attached hydrogens (tertiary/aromatic N) is 3. The van der Waals surface area contributed by atoms with Crippen molar-refractivity contribution >= 4 is 16.9 Å². The number of pyridine rings is 1. The van der Waals surface area contributed by atoms with Crippen LogP contribution in [-0.4, -0.2) is 25.8 Å². The second kappa shape index (κ2) is 5.01. The lowest BCUT2D eigenvalue weighted by Crippen LogP contribution is -2.02. The Hall–Kier alpha value is -2.69. The van der Waals surface area contributed by atoms with E-state index in [9.17, 15) is 9.90 Å². The fourth-order valence-electron chi connectivity index (χ4n) is 2.43. The van der Waals surface area contributed by atoms with Crippen LogP contribution in [-0.2, 0) is 13.5 Å². The quantitative estimate of drug-likeness (QED) is 0.801. The number of rotatable bonds is 3. The molecule has 0 bridgehead atoms. The zero-order chi connectivity index (χ0) is 15.0. The van der Waals surface area contributed by atoms with Crippen LogP contribution >= 0.6 is 0 Å². The van der Waals surface area contributed by atoms with E-state index in [2.05, 4.69) is 10.1 Å². The van der Waals surface area contributed by atoms with Crippen LogP contribution in [0.5, 0.6) is 0 Å². The smallest absolute Gasteiger partial charge is 0.336 e. The van der Waals surface area contributed by atoms with Crippen molar-refractivity contribution in [3.63, 3.8) is 0 Å². The molecule has 0 amide bonds. The summed E-state index contributed by atoms with van der Waals surface area (Å²) in [5.74, 6) is -0.945. The van der Waals surface area contributed by atoms with E-state index in [4.69, 9.17) is 0 Å². The van der Waals surface area contributed by atoms with Gasteiger partial charge in [-0.1, -0.05) is 13.0 Å². The summed E-state index contributed by atoms with van der Waals surface area (Å²) in [7, 11) is 1.81. The number of carbonyl (C=O) groups is 1. The Labute approximate surface area is 121 Å². The zero-order valence-electron chi connectivity index (χ0n) is 11.9. The number of fused-ring (bicyclic) bond motifs is 1. The van der Waals surface area contributed by atoms with Crippen LogP contribution in [0.1, 0.15) is 22.8 Å². The van der Waals surface area contributed by atoms with Gasteiger partial charge in [0, 0.05) is 18.6 Å². The first-order valence-corrected chi connectivity index (χ1v) is 6.75. The molecule has 21 heavy (non-hydrogen) atoms. The first-order chi connectivity index (χ1) is 10.1. The van der Waals surface area contributed by atoms with Gasteiger partial charge in [0.15, 0.2) is 0 Å². The summed E-state index contributed by atoms with van der Waals surface area (Å²) in [4.78, 5) is 16.1. The molecule has 0 radical (unpaired) electrons. The van der Waals surface area contributed by atoms with Gasteiger partial charge in [-0.25, -0.2) is 9.78 Å². The van der Waals surface area contributed by atoms with Crippen molar-refractivity contribution in [2.24, 2.45) is 7.05 Å². The Kier molecular flexibility index (Phi) is 3.17. The number of aromatic nitrogens is 3. The number of carboxylic acid groups (broad SMARTS) is 1. The molecule has 0 saturated carbocycles. The van der Waals surface area contributed by atoms with E-state index in [1.54, 1.807) is 16.9 Å². The lowest BCUT2D eigenvalue weighted by molar-refractivity contribution is 0.0699. The van der Waals surface area contributed by atoms with Crippen LogP contribution in [0.2, 0.25) is 0 Å². The molecule has 3 rings (SSSR count). The molecule has 106 valence electrons. The van der Waals surface area contributed by atoms with Crippen molar-refractivity contribution in [3.05, 3.63) is 47.7 Å². The molecule has 0 unspecified atom stereocenters. The Balaban J connectivity index is 2.31. The number of carboxylic acids is 1. The van der Waals surface area contributed by atoms with Gasteiger partial charge in [-0.2, -0.15) is 5.10 Å². The van der Waals surface area contributed by atoms with Gasteiger partial charge in [0.2, 0.25) is 0 Å². The van der Waals surface area contributed by atoms with E-state index < -0.39 is 5.97 Å². The molecule has 0 aliphatic heterocycles. The highest BCUT2D eigenvalue weighted by atomic mass is 16.4. The second-order valence-electron chi connectivity index (χ2n) is 4.91. The van der Waals surface area contributed by atoms with Crippen LogP contribution < -0.4 is 0 Å². The molecule has 0 spiro atoms. The van der Waals surface area contributed by atoms with Crippen molar-refractivity contribution in [1.82, 2.24) is 14.8 Å². The van der Waals surface area contributed by atoms with Crippen LogP contribution in [0.15, 0.2) is 36.5 Å². The van der Waals surface area contributed by atoms with Crippen LogP contribution in [0.25, 0.3) is 22.3 Å². The maximum absolute atomic E-state index is 11.6. The third-order valence-electron chi connectivity index (χ3n) is 3.60. The fourth-order valence-corrected chi connectivity index (χ4v) is 2.43. The molecule has 0 saturated heterocycles. The minimum atomic E-state index is -0.945. The summed E-state index contributed by atoms with van der Waals surface area (Å²) >= 11 is 0.